The van der Waals surface area contributed by atoms with Crippen LogP contribution in [0.5, 0.6) is 0 Å². The predicted molar refractivity (Wildman–Crippen MR) is 96.8 cm³/mol. The number of nitrogens with zero attached hydrogens (tertiary/aromatic N) is 4. The Morgan fingerprint density at radius 1 is 1.21 bits per heavy atom. The van der Waals surface area contributed by atoms with Crippen LogP contribution in [0.2, 0.25) is 0 Å². The van der Waals surface area contributed by atoms with E-state index in [0.29, 0.717) is 24.8 Å². The second-order valence-electron chi connectivity index (χ2n) is 6.68. The van der Waals surface area contributed by atoms with Crippen LogP contribution in [-0.4, -0.2) is 45.6 Å². The molecule has 2 aromatic heterocycles. The lowest BCUT2D eigenvalue weighted by molar-refractivity contribution is -0.137. The van der Waals surface area contributed by atoms with Crippen molar-refractivity contribution in [3.05, 3.63) is 60.2 Å². The largest absolute Gasteiger partial charge is 0.418 e. The third-order valence-corrected chi connectivity index (χ3v) is 4.54. The van der Waals surface area contributed by atoms with Gasteiger partial charge in [0.25, 0.3) is 0 Å². The van der Waals surface area contributed by atoms with Gasteiger partial charge >= 0.3 is 6.18 Å². The molecule has 1 fully saturated rings. The van der Waals surface area contributed by atoms with E-state index >= 15 is 0 Å². The van der Waals surface area contributed by atoms with Crippen LogP contribution in [0.3, 0.4) is 0 Å². The molecule has 1 amide bonds. The minimum atomic E-state index is -4.53. The third-order valence-electron chi connectivity index (χ3n) is 4.54. The van der Waals surface area contributed by atoms with Crippen molar-refractivity contribution < 1.29 is 22.5 Å². The second-order valence-corrected chi connectivity index (χ2v) is 6.68. The summed E-state index contributed by atoms with van der Waals surface area (Å²) in [7, 11) is 0. The first-order valence-corrected chi connectivity index (χ1v) is 8.82. The molecular formula is C19H16F3N5O2. The van der Waals surface area contributed by atoms with E-state index in [4.69, 9.17) is 4.52 Å². The molecule has 29 heavy (non-hydrogen) atoms. The zero-order valence-electron chi connectivity index (χ0n) is 15.1. The van der Waals surface area contributed by atoms with Gasteiger partial charge in [0, 0.05) is 31.0 Å². The number of benzene rings is 1. The lowest BCUT2D eigenvalue weighted by Gasteiger charge is -2.36. The first-order chi connectivity index (χ1) is 13.9. The van der Waals surface area contributed by atoms with Gasteiger partial charge < -0.3 is 9.84 Å². The first-order valence-electron chi connectivity index (χ1n) is 8.82. The maximum absolute atomic E-state index is 13.0. The molecule has 1 saturated heterocycles. The van der Waals surface area contributed by atoms with Gasteiger partial charge in [-0.25, -0.2) is 0 Å². The highest BCUT2D eigenvalue weighted by Gasteiger charge is 2.35. The fraction of sp³-hybridized carbons (Fsp3) is 0.263. The van der Waals surface area contributed by atoms with Gasteiger partial charge in [0.2, 0.25) is 17.6 Å². The summed E-state index contributed by atoms with van der Waals surface area (Å²) in [6.07, 6.45) is -1.26. The van der Waals surface area contributed by atoms with Crippen LogP contribution >= 0.6 is 0 Å². The number of likely N-dealkylation sites (tertiary alicyclic amines) is 1. The van der Waals surface area contributed by atoms with Crippen molar-refractivity contribution in [1.29, 1.82) is 0 Å². The molecule has 3 heterocycles. The van der Waals surface area contributed by atoms with Crippen molar-refractivity contribution in [3.8, 4) is 11.4 Å². The minimum absolute atomic E-state index is 0.0215. The van der Waals surface area contributed by atoms with E-state index in [1.54, 1.807) is 23.4 Å². The molecule has 0 atom stereocenters. The van der Waals surface area contributed by atoms with Gasteiger partial charge in [-0.05, 0) is 24.3 Å². The summed E-state index contributed by atoms with van der Waals surface area (Å²) in [4.78, 5) is 22.3. The topological polar surface area (TPSA) is 84.2 Å². The second kappa shape index (κ2) is 7.63. The van der Waals surface area contributed by atoms with Gasteiger partial charge in [0.1, 0.15) is 0 Å². The zero-order chi connectivity index (χ0) is 20.4. The number of nitrogens with one attached hydrogen (secondary N) is 1. The number of pyridine rings is 1. The maximum atomic E-state index is 13.0. The lowest BCUT2D eigenvalue weighted by Crippen LogP contribution is -2.48. The number of carbonyl (C=O) groups excluding carboxylic acids is 1. The van der Waals surface area contributed by atoms with Crippen molar-refractivity contribution in [2.24, 2.45) is 0 Å². The average molecular weight is 403 g/mol. The lowest BCUT2D eigenvalue weighted by atomic mass is 10.0. The van der Waals surface area contributed by atoms with Crippen LogP contribution in [0.1, 0.15) is 17.4 Å². The van der Waals surface area contributed by atoms with E-state index < -0.39 is 17.6 Å². The molecule has 0 bridgehead atoms. The normalized spacial score (nSPS) is 15.1. The van der Waals surface area contributed by atoms with Crippen LogP contribution in [0, 0.1) is 0 Å². The number of hydrogen-bond acceptors (Lipinski definition) is 6. The van der Waals surface area contributed by atoms with Crippen molar-refractivity contribution in [2.75, 3.05) is 25.0 Å². The summed E-state index contributed by atoms with van der Waals surface area (Å²) in [6.45, 7) is 0.984. The Balaban J connectivity index is 1.32. The molecule has 0 radical (unpaired) electrons. The Kier molecular flexibility index (Phi) is 5.01. The predicted octanol–water partition coefficient (Wildman–Crippen LogP) is 3.19. The van der Waals surface area contributed by atoms with Gasteiger partial charge in [-0.1, -0.05) is 17.3 Å². The molecular weight excluding hydrogens is 387 g/mol. The highest BCUT2D eigenvalue weighted by Crippen LogP contribution is 2.34. The Hall–Kier alpha value is -3.27. The zero-order valence-corrected chi connectivity index (χ0v) is 15.1. The molecule has 4 rings (SSSR count). The van der Waals surface area contributed by atoms with E-state index in [1.807, 2.05) is 6.07 Å². The number of alkyl halides is 3. The summed E-state index contributed by atoms with van der Waals surface area (Å²) >= 11 is 0. The molecule has 3 aromatic rings. The van der Waals surface area contributed by atoms with Crippen molar-refractivity contribution in [1.82, 2.24) is 20.0 Å². The van der Waals surface area contributed by atoms with Gasteiger partial charge in [-0.15, -0.1) is 0 Å². The minimum Gasteiger partial charge on any atom is -0.339 e. The van der Waals surface area contributed by atoms with E-state index in [9.17, 15) is 18.0 Å². The SMILES string of the molecule is O=C(CN1CC(c2nc(-c3cccnc3)no2)C1)Nc1ccccc1C(F)(F)F. The summed E-state index contributed by atoms with van der Waals surface area (Å²) in [5.74, 6) is 0.362. The van der Waals surface area contributed by atoms with E-state index in [2.05, 4.69) is 20.4 Å². The van der Waals surface area contributed by atoms with Crippen molar-refractivity contribution in [2.45, 2.75) is 12.1 Å². The van der Waals surface area contributed by atoms with Crippen LogP contribution in [0.15, 0.2) is 53.3 Å². The third kappa shape index (κ3) is 4.27. The number of carbonyl (C=O) groups is 1. The fourth-order valence-corrected chi connectivity index (χ4v) is 3.10. The van der Waals surface area contributed by atoms with E-state index in [1.165, 1.54) is 18.2 Å². The molecule has 0 spiro atoms. The molecule has 0 aliphatic carbocycles. The highest BCUT2D eigenvalue weighted by molar-refractivity contribution is 5.93. The smallest absolute Gasteiger partial charge is 0.339 e. The molecule has 10 heteroatoms. The van der Waals surface area contributed by atoms with Crippen LogP contribution in [-0.2, 0) is 11.0 Å². The van der Waals surface area contributed by atoms with Crippen molar-refractivity contribution in [3.63, 3.8) is 0 Å². The number of para-hydroxylation sites is 1. The van der Waals surface area contributed by atoms with E-state index in [0.717, 1.165) is 11.6 Å². The molecule has 1 aromatic carbocycles. The Bertz CT molecular complexity index is 1000. The van der Waals surface area contributed by atoms with Gasteiger partial charge in [-0.2, -0.15) is 18.2 Å². The van der Waals surface area contributed by atoms with E-state index in [-0.39, 0.29) is 18.2 Å². The van der Waals surface area contributed by atoms with Crippen LogP contribution in [0.4, 0.5) is 18.9 Å². The highest BCUT2D eigenvalue weighted by atomic mass is 19.4. The quantitative estimate of drug-likeness (QED) is 0.705. The Morgan fingerprint density at radius 2 is 2.00 bits per heavy atom. The first kappa shape index (κ1) is 19.1. The van der Waals surface area contributed by atoms with Gasteiger partial charge in [0.15, 0.2) is 0 Å². The number of hydrogen-bond donors (Lipinski definition) is 1. The number of halogens is 3. The van der Waals surface area contributed by atoms with Crippen LogP contribution < -0.4 is 5.32 Å². The molecule has 0 unspecified atom stereocenters. The van der Waals surface area contributed by atoms with Crippen LogP contribution in [0.25, 0.3) is 11.4 Å². The number of amides is 1. The molecule has 1 N–H and O–H groups in total. The molecule has 7 nitrogen and oxygen atoms in total. The summed E-state index contributed by atoms with van der Waals surface area (Å²) < 4.78 is 44.3. The summed E-state index contributed by atoms with van der Waals surface area (Å²) in [5.41, 5.74) is -0.384. The van der Waals surface area contributed by atoms with Gasteiger partial charge in [0.05, 0.1) is 23.7 Å². The number of rotatable bonds is 5. The fourth-order valence-electron chi connectivity index (χ4n) is 3.10. The monoisotopic (exact) mass is 403 g/mol. The summed E-state index contributed by atoms with van der Waals surface area (Å²) in [6, 6.07) is 8.48. The standard InChI is InChI=1S/C19H16F3N5O2/c20-19(21,22)14-5-1-2-6-15(14)24-16(28)11-27-9-13(10-27)18-25-17(26-29-18)12-4-3-7-23-8-12/h1-8,13H,9-11H2,(H,24,28). The summed E-state index contributed by atoms with van der Waals surface area (Å²) in [5, 5.41) is 6.27. The van der Waals surface area contributed by atoms with Gasteiger partial charge in [-0.3, -0.25) is 14.7 Å². The Labute approximate surface area is 163 Å². The Morgan fingerprint density at radius 3 is 2.72 bits per heavy atom. The molecule has 150 valence electrons. The number of anilines is 1. The van der Waals surface area contributed by atoms with Crippen molar-refractivity contribution >= 4 is 11.6 Å². The molecule has 0 saturated carbocycles. The number of aromatic nitrogens is 3. The molecule has 1 aliphatic heterocycles. The molecule has 1 aliphatic rings. The maximum Gasteiger partial charge on any atom is 0.418 e. The average Bonchev–Trinajstić information content (AvgIpc) is 3.14.